The summed E-state index contributed by atoms with van der Waals surface area (Å²) < 4.78 is 6.93. The van der Waals surface area contributed by atoms with Crippen LogP contribution in [0.4, 0.5) is 0 Å². The van der Waals surface area contributed by atoms with Crippen LogP contribution in [0, 0.1) is 0 Å². The zero-order chi connectivity index (χ0) is 25.1. The third-order valence-corrected chi connectivity index (χ3v) is 8.10. The predicted octanol–water partition coefficient (Wildman–Crippen LogP) is 6.77. The van der Waals surface area contributed by atoms with E-state index in [1.54, 1.807) is 30.3 Å². The number of aromatic hydroxyl groups is 2. The molecule has 36 heavy (non-hydrogen) atoms. The Bertz CT molecular complexity index is 1340. The molecule has 1 aliphatic rings. The lowest BCUT2D eigenvalue weighted by molar-refractivity contribution is 0.0442. The van der Waals surface area contributed by atoms with E-state index < -0.39 is 0 Å². The Morgan fingerprint density at radius 1 is 0.944 bits per heavy atom. The number of thiophene rings is 1. The fraction of sp³-hybridized carbons (Fsp3) is 0.300. The number of carbonyl (C=O) groups is 1. The van der Waals surface area contributed by atoms with Crippen molar-refractivity contribution in [2.24, 2.45) is 0 Å². The molecule has 0 spiro atoms. The lowest BCUT2D eigenvalue weighted by Gasteiger charge is -2.26. The summed E-state index contributed by atoms with van der Waals surface area (Å²) in [5.74, 6) is 0.270. The lowest BCUT2D eigenvalue weighted by Crippen LogP contribution is -2.32. The molecule has 2 heterocycles. The number of carbonyl (C=O) groups excluding carboxylic acids is 1. The Hall–Kier alpha value is -3.19. The van der Waals surface area contributed by atoms with Gasteiger partial charge < -0.3 is 19.8 Å². The van der Waals surface area contributed by atoms with Gasteiger partial charge in [-0.2, -0.15) is 0 Å². The second-order valence-electron chi connectivity index (χ2n) is 9.40. The highest BCUT2D eigenvalue weighted by Gasteiger charge is 2.22. The molecule has 6 heteroatoms. The minimum Gasteiger partial charge on any atom is -0.508 e. The number of phenolic OH excluding ortho intramolecular Hbond substituents is 2. The highest BCUT2D eigenvalue weighted by atomic mass is 32.1. The van der Waals surface area contributed by atoms with Crippen molar-refractivity contribution in [3.63, 3.8) is 0 Å². The largest absolute Gasteiger partial charge is 0.508 e. The molecular weight excluding hydrogens is 470 g/mol. The molecule has 1 aromatic heterocycles. The minimum atomic E-state index is -0.0692. The Balaban J connectivity index is 1.36. The summed E-state index contributed by atoms with van der Waals surface area (Å²) in [6.45, 7) is 6.04. The van der Waals surface area contributed by atoms with Crippen LogP contribution in [0.3, 0.4) is 0 Å². The summed E-state index contributed by atoms with van der Waals surface area (Å²) in [7, 11) is 0. The molecule has 0 amide bonds. The molecule has 5 rings (SSSR count). The van der Waals surface area contributed by atoms with E-state index >= 15 is 0 Å². The molecule has 4 aromatic rings. The third-order valence-electron chi connectivity index (χ3n) is 6.90. The van der Waals surface area contributed by atoms with Crippen molar-refractivity contribution in [1.29, 1.82) is 0 Å². The Morgan fingerprint density at radius 2 is 1.64 bits per heavy atom. The van der Waals surface area contributed by atoms with Gasteiger partial charge in [0.25, 0.3) is 0 Å². The number of hydrogen-bond acceptors (Lipinski definition) is 6. The molecule has 1 saturated heterocycles. The molecule has 3 aromatic carbocycles. The number of piperidine rings is 1. The predicted molar refractivity (Wildman–Crippen MR) is 145 cm³/mol. The SMILES string of the molecule is C[C@@H](OCCN1CCCCC1)c1ccc(C(=O)c2c(-c3ccc(O)cc3)sc3cc(O)ccc23)cc1. The number of ether oxygens (including phenoxy) is 1. The monoisotopic (exact) mass is 501 g/mol. The third kappa shape index (κ3) is 5.31. The molecule has 5 nitrogen and oxygen atoms in total. The number of fused-ring (bicyclic) bond motifs is 1. The van der Waals surface area contributed by atoms with Gasteiger partial charge in [-0.15, -0.1) is 11.3 Å². The first-order chi connectivity index (χ1) is 17.5. The van der Waals surface area contributed by atoms with Gasteiger partial charge in [0.1, 0.15) is 11.5 Å². The van der Waals surface area contributed by atoms with Crippen LogP contribution in [-0.2, 0) is 4.74 Å². The molecule has 0 bridgehead atoms. The zero-order valence-electron chi connectivity index (χ0n) is 20.4. The first kappa shape index (κ1) is 24.5. The van der Waals surface area contributed by atoms with E-state index in [4.69, 9.17) is 4.74 Å². The number of phenols is 2. The van der Waals surface area contributed by atoms with E-state index in [9.17, 15) is 15.0 Å². The van der Waals surface area contributed by atoms with Gasteiger partial charge >= 0.3 is 0 Å². The van der Waals surface area contributed by atoms with Gasteiger partial charge in [0.15, 0.2) is 5.78 Å². The van der Waals surface area contributed by atoms with Crippen LogP contribution in [0.2, 0.25) is 0 Å². The summed E-state index contributed by atoms with van der Waals surface area (Å²) in [5, 5.41) is 20.5. The van der Waals surface area contributed by atoms with E-state index in [2.05, 4.69) is 11.8 Å². The first-order valence-electron chi connectivity index (χ1n) is 12.5. The number of nitrogens with zero attached hydrogens (tertiary/aromatic N) is 1. The van der Waals surface area contributed by atoms with E-state index in [0.29, 0.717) is 17.7 Å². The molecule has 2 N–H and O–H groups in total. The average Bonchev–Trinajstić information content (AvgIpc) is 3.27. The van der Waals surface area contributed by atoms with Crippen molar-refractivity contribution >= 4 is 27.2 Å². The van der Waals surface area contributed by atoms with E-state index in [-0.39, 0.29) is 23.4 Å². The zero-order valence-corrected chi connectivity index (χ0v) is 21.3. The van der Waals surface area contributed by atoms with Crippen LogP contribution in [0.25, 0.3) is 20.5 Å². The van der Waals surface area contributed by atoms with E-state index in [0.717, 1.165) is 45.7 Å². The van der Waals surface area contributed by atoms with Crippen LogP contribution in [0.1, 0.15) is 53.8 Å². The fourth-order valence-corrected chi connectivity index (χ4v) is 6.05. The van der Waals surface area contributed by atoms with Gasteiger partial charge in [0.05, 0.1) is 12.7 Å². The van der Waals surface area contributed by atoms with Gasteiger partial charge in [0, 0.05) is 32.6 Å². The summed E-state index contributed by atoms with van der Waals surface area (Å²) in [6.07, 6.45) is 3.84. The number of likely N-dealkylation sites (tertiary alicyclic amines) is 1. The second-order valence-corrected chi connectivity index (χ2v) is 10.5. The molecule has 0 aliphatic carbocycles. The summed E-state index contributed by atoms with van der Waals surface area (Å²) in [5.41, 5.74) is 3.11. The average molecular weight is 502 g/mol. The topological polar surface area (TPSA) is 70.0 Å². The number of rotatable bonds is 8. The van der Waals surface area contributed by atoms with E-state index in [1.807, 2.05) is 36.4 Å². The van der Waals surface area contributed by atoms with Gasteiger partial charge in [-0.05, 0) is 86.4 Å². The Morgan fingerprint density at radius 3 is 2.36 bits per heavy atom. The summed E-state index contributed by atoms with van der Waals surface area (Å²) >= 11 is 1.46. The Kier molecular flexibility index (Phi) is 7.37. The highest BCUT2D eigenvalue weighted by molar-refractivity contribution is 7.22. The van der Waals surface area contributed by atoms with Crippen LogP contribution in [0.15, 0.2) is 66.7 Å². The standard InChI is InChI=1S/C30H31NO4S/c1-20(35-18-17-31-15-3-2-4-16-31)21-5-7-22(8-6-21)29(34)28-26-14-13-25(33)19-27(26)36-30(28)23-9-11-24(32)12-10-23/h5-14,19-20,32-33H,2-4,15-18H2,1H3/t20-/m1/s1. The van der Waals surface area contributed by atoms with Gasteiger partial charge in [0.2, 0.25) is 0 Å². The molecule has 0 saturated carbocycles. The van der Waals surface area contributed by atoms with E-state index in [1.165, 1.54) is 30.6 Å². The maximum atomic E-state index is 13.8. The van der Waals surface area contributed by atoms with Crippen molar-refractivity contribution < 1.29 is 19.7 Å². The van der Waals surface area contributed by atoms with Gasteiger partial charge in [-0.1, -0.05) is 30.7 Å². The van der Waals surface area contributed by atoms with Gasteiger partial charge in [-0.25, -0.2) is 0 Å². The minimum absolute atomic E-state index is 0.0450. The van der Waals surface area contributed by atoms with Crippen molar-refractivity contribution in [2.75, 3.05) is 26.2 Å². The highest BCUT2D eigenvalue weighted by Crippen LogP contribution is 2.41. The maximum Gasteiger partial charge on any atom is 0.195 e. The van der Waals surface area contributed by atoms with Crippen molar-refractivity contribution in [3.8, 4) is 21.9 Å². The van der Waals surface area contributed by atoms with Crippen molar-refractivity contribution in [3.05, 3.63) is 83.4 Å². The fourth-order valence-electron chi connectivity index (χ4n) is 4.81. The summed E-state index contributed by atoms with van der Waals surface area (Å²) in [4.78, 5) is 17.0. The lowest BCUT2D eigenvalue weighted by atomic mass is 9.96. The van der Waals surface area contributed by atoms with Crippen LogP contribution in [0.5, 0.6) is 11.5 Å². The van der Waals surface area contributed by atoms with Crippen LogP contribution >= 0.6 is 11.3 Å². The van der Waals surface area contributed by atoms with Crippen molar-refractivity contribution in [2.45, 2.75) is 32.3 Å². The molecule has 0 unspecified atom stereocenters. The second kappa shape index (κ2) is 10.8. The number of benzene rings is 3. The van der Waals surface area contributed by atoms with Crippen LogP contribution < -0.4 is 0 Å². The molecule has 0 radical (unpaired) electrons. The number of ketones is 1. The van der Waals surface area contributed by atoms with Crippen LogP contribution in [-0.4, -0.2) is 47.1 Å². The first-order valence-corrected chi connectivity index (χ1v) is 13.3. The molecule has 1 atom stereocenters. The number of hydrogen-bond donors (Lipinski definition) is 2. The molecule has 1 aliphatic heterocycles. The van der Waals surface area contributed by atoms with Gasteiger partial charge in [-0.3, -0.25) is 4.79 Å². The summed E-state index contributed by atoms with van der Waals surface area (Å²) in [6, 6.07) is 19.6. The molecule has 186 valence electrons. The molecular formula is C30H31NO4S. The molecule has 1 fully saturated rings. The maximum absolute atomic E-state index is 13.8. The smallest absolute Gasteiger partial charge is 0.195 e. The van der Waals surface area contributed by atoms with Crippen molar-refractivity contribution in [1.82, 2.24) is 4.90 Å². The normalized spacial score (nSPS) is 15.2. The Labute approximate surface area is 215 Å². The quantitative estimate of drug-likeness (QED) is 0.261.